The average Bonchev–Trinajstić information content (AvgIpc) is 2.39. The van der Waals surface area contributed by atoms with E-state index >= 15 is 0 Å². The lowest BCUT2D eigenvalue weighted by molar-refractivity contribution is -0.139. The summed E-state index contributed by atoms with van der Waals surface area (Å²) >= 11 is 0. The molecule has 0 radical (unpaired) electrons. The molecule has 3 heteroatoms. The van der Waals surface area contributed by atoms with E-state index in [4.69, 9.17) is 9.47 Å². The Balaban J connectivity index is 1.71. The highest BCUT2D eigenvalue weighted by molar-refractivity contribution is 6.62. The summed E-state index contributed by atoms with van der Waals surface area (Å²) in [4.78, 5) is 0. The first-order chi connectivity index (χ1) is 9.35. The first kappa shape index (κ1) is 15.4. The Morgan fingerprint density at radius 1 is 0.947 bits per heavy atom. The molecular formula is C16H31BO2. The highest BCUT2D eigenvalue weighted by Gasteiger charge is 2.38. The van der Waals surface area contributed by atoms with E-state index in [2.05, 4.69) is 13.8 Å². The standard InChI is InChI=1S/C16H31BO2/c1-3-18-16(19-4-2)12-7-13-17-14-8-5-9-15(17)11-6-10-14/h14-16H,3-13H2,1-2H3. The fourth-order valence-corrected chi connectivity index (χ4v) is 4.39. The minimum absolute atomic E-state index is 0.0402. The van der Waals surface area contributed by atoms with Crippen LogP contribution < -0.4 is 0 Å². The van der Waals surface area contributed by atoms with Gasteiger partial charge in [0.2, 0.25) is 0 Å². The minimum atomic E-state index is 0.0402. The molecule has 0 spiro atoms. The van der Waals surface area contributed by atoms with Crippen molar-refractivity contribution in [2.45, 2.75) is 89.5 Å². The lowest BCUT2D eigenvalue weighted by Gasteiger charge is -2.40. The van der Waals surface area contributed by atoms with E-state index < -0.39 is 0 Å². The van der Waals surface area contributed by atoms with Crippen molar-refractivity contribution in [3.05, 3.63) is 0 Å². The monoisotopic (exact) mass is 266 g/mol. The zero-order valence-electron chi connectivity index (χ0n) is 12.9. The van der Waals surface area contributed by atoms with Gasteiger partial charge in [-0.05, 0) is 20.3 Å². The third-order valence-corrected chi connectivity index (χ3v) is 5.19. The van der Waals surface area contributed by atoms with Gasteiger partial charge in [-0.3, -0.25) is 0 Å². The number of rotatable bonds is 8. The molecule has 0 aromatic heterocycles. The van der Waals surface area contributed by atoms with Crippen molar-refractivity contribution in [1.82, 2.24) is 0 Å². The molecule has 2 nitrogen and oxygen atoms in total. The minimum Gasteiger partial charge on any atom is -0.353 e. The second-order valence-electron chi connectivity index (χ2n) is 6.32. The van der Waals surface area contributed by atoms with Crippen molar-refractivity contribution in [2.75, 3.05) is 13.2 Å². The molecule has 2 fully saturated rings. The second kappa shape index (κ2) is 8.31. The first-order valence-corrected chi connectivity index (χ1v) is 8.58. The Morgan fingerprint density at radius 2 is 1.47 bits per heavy atom. The molecule has 2 bridgehead atoms. The molecule has 0 aromatic carbocycles. The van der Waals surface area contributed by atoms with E-state index in [1.165, 1.54) is 51.3 Å². The molecule has 0 aliphatic carbocycles. The maximum atomic E-state index is 5.64. The van der Waals surface area contributed by atoms with Gasteiger partial charge in [-0.25, -0.2) is 0 Å². The summed E-state index contributed by atoms with van der Waals surface area (Å²) in [5.74, 6) is 2.09. The smallest absolute Gasteiger partial charge is 0.157 e. The number of fused-ring (bicyclic) bond motifs is 2. The Kier molecular flexibility index (Phi) is 6.73. The van der Waals surface area contributed by atoms with Gasteiger partial charge < -0.3 is 9.47 Å². The fourth-order valence-electron chi connectivity index (χ4n) is 4.39. The Bertz CT molecular complexity index is 219. The largest absolute Gasteiger partial charge is 0.353 e. The van der Waals surface area contributed by atoms with Gasteiger partial charge in [-0.15, -0.1) is 0 Å². The summed E-state index contributed by atoms with van der Waals surface area (Å²) in [5.41, 5.74) is 0. The molecule has 2 aliphatic heterocycles. The zero-order chi connectivity index (χ0) is 13.5. The molecule has 0 N–H and O–H groups in total. The molecular weight excluding hydrogens is 235 g/mol. The summed E-state index contributed by atoms with van der Waals surface area (Å²) in [6.45, 7) is 6.65. The van der Waals surface area contributed by atoms with Crippen molar-refractivity contribution in [2.24, 2.45) is 0 Å². The molecule has 110 valence electrons. The SMILES string of the molecule is CCOC(CCCB1C2CCCC1CCC2)OCC. The lowest BCUT2D eigenvalue weighted by atomic mass is 9.26. The molecule has 2 saturated heterocycles. The first-order valence-electron chi connectivity index (χ1n) is 8.58. The van der Waals surface area contributed by atoms with Gasteiger partial charge >= 0.3 is 0 Å². The van der Waals surface area contributed by atoms with E-state index in [1.54, 1.807) is 0 Å². The van der Waals surface area contributed by atoms with Crippen LogP contribution in [0.2, 0.25) is 18.0 Å². The molecule has 0 atom stereocenters. The molecule has 0 amide bonds. The molecule has 0 aromatic rings. The van der Waals surface area contributed by atoms with Crippen LogP contribution in [0.3, 0.4) is 0 Å². The van der Waals surface area contributed by atoms with E-state index in [0.29, 0.717) is 0 Å². The lowest BCUT2D eigenvalue weighted by Crippen LogP contribution is -2.34. The summed E-state index contributed by atoms with van der Waals surface area (Å²) in [6, 6.07) is 0. The predicted molar refractivity (Wildman–Crippen MR) is 82.0 cm³/mol. The molecule has 0 saturated carbocycles. The van der Waals surface area contributed by atoms with Gasteiger partial charge in [-0.2, -0.15) is 0 Å². The van der Waals surface area contributed by atoms with E-state index in [0.717, 1.165) is 38.0 Å². The summed E-state index contributed by atoms with van der Waals surface area (Å²) < 4.78 is 11.3. The third-order valence-electron chi connectivity index (χ3n) is 5.19. The molecule has 2 aliphatic rings. The van der Waals surface area contributed by atoms with Crippen molar-refractivity contribution in [3.8, 4) is 0 Å². The molecule has 2 rings (SSSR count). The van der Waals surface area contributed by atoms with Crippen LogP contribution in [0.15, 0.2) is 0 Å². The summed E-state index contributed by atoms with van der Waals surface area (Å²) in [6.07, 6.45) is 12.8. The fraction of sp³-hybridized carbons (Fsp3) is 1.00. The van der Waals surface area contributed by atoms with E-state index in [1.807, 2.05) is 0 Å². The van der Waals surface area contributed by atoms with Gasteiger partial charge in [0.1, 0.15) is 6.71 Å². The van der Waals surface area contributed by atoms with Gasteiger partial charge in [-0.1, -0.05) is 62.9 Å². The zero-order valence-corrected chi connectivity index (χ0v) is 12.9. The van der Waals surface area contributed by atoms with Crippen molar-refractivity contribution in [3.63, 3.8) is 0 Å². The van der Waals surface area contributed by atoms with Crippen LogP contribution in [-0.4, -0.2) is 26.2 Å². The summed E-state index contributed by atoms with van der Waals surface area (Å²) in [7, 11) is 0. The summed E-state index contributed by atoms with van der Waals surface area (Å²) in [5, 5.41) is 0. The predicted octanol–water partition coefficient (Wildman–Crippen LogP) is 4.77. The Labute approximate surface area is 119 Å². The number of hydrogen-bond acceptors (Lipinski definition) is 2. The quantitative estimate of drug-likeness (QED) is 0.465. The van der Waals surface area contributed by atoms with E-state index in [9.17, 15) is 0 Å². The maximum Gasteiger partial charge on any atom is 0.157 e. The second-order valence-corrected chi connectivity index (χ2v) is 6.32. The normalized spacial score (nSPS) is 27.0. The van der Waals surface area contributed by atoms with Crippen molar-refractivity contribution in [1.29, 1.82) is 0 Å². The Hall–Kier alpha value is -0.0151. The molecule has 19 heavy (non-hydrogen) atoms. The van der Waals surface area contributed by atoms with Gasteiger partial charge in [0.25, 0.3) is 0 Å². The topological polar surface area (TPSA) is 18.5 Å². The van der Waals surface area contributed by atoms with Crippen molar-refractivity contribution < 1.29 is 9.47 Å². The van der Waals surface area contributed by atoms with Crippen LogP contribution in [0.4, 0.5) is 0 Å². The van der Waals surface area contributed by atoms with Crippen LogP contribution in [0.25, 0.3) is 0 Å². The number of ether oxygens (including phenoxy) is 2. The van der Waals surface area contributed by atoms with Crippen LogP contribution in [0.1, 0.15) is 65.2 Å². The molecule has 2 heterocycles. The van der Waals surface area contributed by atoms with Gasteiger partial charge in [0.05, 0.1) is 0 Å². The van der Waals surface area contributed by atoms with Crippen LogP contribution in [-0.2, 0) is 9.47 Å². The maximum absolute atomic E-state index is 5.64. The van der Waals surface area contributed by atoms with Crippen molar-refractivity contribution >= 4 is 6.71 Å². The third kappa shape index (κ3) is 4.49. The van der Waals surface area contributed by atoms with Gasteiger partial charge in [0, 0.05) is 13.2 Å². The molecule has 0 unspecified atom stereocenters. The van der Waals surface area contributed by atoms with Crippen LogP contribution in [0.5, 0.6) is 0 Å². The highest BCUT2D eigenvalue weighted by Crippen LogP contribution is 2.48. The van der Waals surface area contributed by atoms with Crippen LogP contribution in [0, 0.1) is 0 Å². The average molecular weight is 266 g/mol. The Morgan fingerprint density at radius 3 is 1.95 bits per heavy atom. The number of hydrogen-bond donors (Lipinski definition) is 0. The van der Waals surface area contributed by atoms with Crippen LogP contribution >= 0.6 is 0 Å². The van der Waals surface area contributed by atoms with E-state index in [-0.39, 0.29) is 6.29 Å². The van der Waals surface area contributed by atoms with Gasteiger partial charge in [0.15, 0.2) is 6.29 Å². The highest BCUT2D eigenvalue weighted by atomic mass is 16.7.